The van der Waals surface area contributed by atoms with Gasteiger partial charge in [-0.3, -0.25) is 0 Å². The summed E-state index contributed by atoms with van der Waals surface area (Å²) in [4.78, 5) is 3.30. The molecule has 0 saturated carbocycles. The molecule has 0 aliphatic rings. The number of aromatic nitrogens is 1. The number of thioether (sulfide) groups is 1. The molecule has 17 heavy (non-hydrogen) atoms. The number of pyridine rings is 1. The summed E-state index contributed by atoms with van der Waals surface area (Å²) in [5.74, 6) is 0. The Hall–Kier alpha value is 0.781. The second-order valence-corrected chi connectivity index (χ2v) is 3.94. The normalized spacial score (nSPS) is 12.1. The average Bonchev–Trinajstić information content (AvgIpc) is 2.13. The summed E-state index contributed by atoms with van der Waals surface area (Å²) in [5.41, 5.74) is -2.09. The Morgan fingerprint density at radius 1 is 1.18 bits per heavy atom. The molecule has 0 bridgehead atoms. The first-order valence-electron chi connectivity index (χ1n) is 4.05. The Kier molecular flexibility index (Phi) is 7.12. The molecule has 1 aromatic rings. The zero-order valence-electron chi connectivity index (χ0n) is 8.64. The Morgan fingerprint density at radius 3 is 2.12 bits per heavy atom. The molecule has 1 aromatic heterocycles. The maximum Gasteiger partial charge on any atom is 1.00 e. The van der Waals surface area contributed by atoms with Gasteiger partial charge >= 0.3 is 64.5 Å². The van der Waals surface area contributed by atoms with Crippen molar-refractivity contribution in [2.24, 2.45) is 0 Å². The van der Waals surface area contributed by atoms with Crippen LogP contribution in [-0.4, -0.2) is 17.6 Å². The Morgan fingerprint density at radius 2 is 1.76 bits per heavy atom. The van der Waals surface area contributed by atoms with Gasteiger partial charge in [-0.2, -0.15) is 13.2 Å². The van der Waals surface area contributed by atoms with Crippen molar-refractivity contribution in [3.63, 3.8) is 0 Å². The van der Waals surface area contributed by atoms with E-state index in [9.17, 15) is 26.1 Å². The number of nitrogens with zero attached hydrogens (tertiary/aromatic N) is 1. The fourth-order valence-corrected chi connectivity index (χ4v) is 1.46. The Labute approximate surface area is 140 Å². The molecule has 0 N–H and O–H groups in total. The molecule has 90 valence electrons. The van der Waals surface area contributed by atoms with E-state index in [1.807, 2.05) is 0 Å². The largest absolute Gasteiger partial charge is 1.00 e. The molecule has 1 heterocycles. The summed E-state index contributed by atoms with van der Waals surface area (Å²) in [6, 6.07) is 1.63. The first kappa shape index (κ1) is 17.8. The number of hydrogen-bond donors (Lipinski definition) is 0. The van der Waals surface area contributed by atoms with Gasteiger partial charge in [-0.25, -0.2) is 4.98 Å². The second-order valence-electron chi connectivity index (χ2n) is 2.90. The molecule has 0 saturated heterocycles. The molecule has 0 atom stereocenters. The smallest absolute Gasteiger partial charge is 0.448 e. The van der Waals surface area contributed by atoms with E-state index in [0.29, 0.717) is 24.0 Å². The summed E-state index contributed by atoms with van der Waals surface area (Å²) >= 11 is 0.371. The Bertz CT molecular complexity index is 351. The number of hydrogen-bond acceptors (Lipinski definition) is 2. The maximum atomic E-state index is 12.1. The van der Waals surface area contributed by atoms with Crippen molar-refractivity contribution in [2.45, 2.75) is 11.2 Å². The molecule has 0 aromatic carbocycles. The van der Waals surface area contributed by atoms with Gasteiger partial charge in [-0.15, -0.1) is 11.8 Å². The van der Waals surface area contributed by atoms with Crippen LogP contribution in [0, 0.1) is 0 Å². The molecular formula is C7H5BF6KNS. The van der Waals surface area contributed by atoms with Gasteiger partial charge in [0.05, 0.1) is 10.6 Å². The SMILES string of the molecule is F[B-](F)(F)CSc1ccc(C(F)(F)F)cn1.[K+]. The molecular weight excluding hydrogens is 294 g/mol. The first-order valence-corrected chi connectivity index (χ1v) is 5.04. The molecule has 0 unspecified atom stereocenters. The summed E-state index contributed by atoms with van der Waals surface area (Å²) < 4.78 is 71.7. The summed E-state index contributed by atoms with van der Waals surface area (Å²) in [5, 5.41) is -0.0767. The average molecular weight is 299 g/mol. The topological polar surface area (TPSA) is 12.9 Å². The van der Waals surface area contributed by atoms with Crippen molar-refractivity contribution in [2.75, 3.05) is 5.65 Å². The van der Waals surface area contributed by atoms with Crippen molar-refractivity contribution in [1.29, 1.82) is 0 Å². The number of rotatable bonds is 3. The molecule has 0 aliphatic heterocycles. The monoisotopic (exact) mass is 299 g/mol. The van der Waals surface area contributed by atoms with Crippen LogP contribution in [0.2, 0.25) is 0 Å². The van der Waals surface area contributed by atoms with E-state index < -0.39 is 24.4 Å². The quantitative estimate of drug-likeness (QED) is 0.460. The van der Waals surface area contributed by atoms with Crippen LogP contribution in [0.3, 0.4) is 0 Å². The van der Waals surface area contributed by atoms with Crippen LogP contribution in [-0.2, 0) is 6.18 Å². The van der Waals surface area contributed by atoms with Crippen molar-refractivity contribution in [3.05, 3.63) is 23.9 Å². The zero-order valence-corrected chi connectivity index (χ0v) is 12.6. The van der Waals surface area contributed by atoms with Gasteiger partial charge in [0.25, 0.3) is 0 Å². The molecule has 0 fully saturated rings. The zero-order chi connectivity index (χ0) is 12.4. The van der Waals surface area contributed by atoms with Gasteiger partial charge in [0.2, 0.25) is 0 Å². The third-order valence-corrected chi connectivity index (χ3v) is 2.57. The minimum Gasteiger partial charge on any atom is -0.448 e. The molecule has 1 rings (SSSR count). The maximum absolute atomic E-state index is 12.1. The van der Waals surface area contributed by atoms with Gasteiger partial charge < -0.3 is 12.9 Å². The number of alkyl halides is 3. The van der Waals surface area contributed by atoms with Crippen LogP contribution in [0.4, 0.5) is 26.1 Å². The number of halogens is 6. The third kappa shape index (κ3) is 7.06. The van der Waals surface area contributed by atoms with E-state index in [4.69, 9.17) is 0 Å². The van der Waals surface area contributed by atoms with E-state index in [2.05, 4.69) is 4.98 Å². The van der Waals surface area contributed by atoms with Crippen LogP contribution in [0.5, 0.6) is 0 Å². The van der Waals surface area contributed by atoms with E-state index in [1.165, 1.54) is 0 Å². The van der Waals surface area contributed by atoms with Crippen molar-refractivity contribution in [3.8, 4) is 0 Å². The molecule has 0 amide bonds. The van der Waals surface area contributed by atoms with Crippen molar-refractivity contribution >= 4 is 18.7 Å². The van der Waals surface area contributed by atoms with Gasteiger partial charge in [0.15, 0.2) is 0 Å². The molecule has 0 spiro atoms. The molecule has 0 aliphatic carbocycles. The fourth-order valence-electron chi connectivity index (χ4n) is 0.813. The van der Waals surface area contributed by atoms with E-state index in [1.54, 1.807) is 0 Å². The third-order valence-electron chi connectivity index (χ3n) is 1.48. The summed E-state index contributed by atoms with van der Waals surface area (Å²) in [7, 11) is 0. The minimum atomic E-state index is -4.96. The Balaban J connectivity index is 0.00000256. The van der Waals surface area contributed by atoms with Gasteiger partial charge in [-0.05, 0) is 17.8 Å². The van der Waals surface area contributed by atoms with E-state index >= 15 is 0 Å². The second kappa shape index (κ2) is 6.81. The fraction of sp³-hybridized carbons (Fsp3) is 0.286. The van der Waals surface area contributed by atoms with Crippen molar-refractivity contribution in [1.82, 2.24) is 4.98 Å². The van der Waals surface area contributed by atoms with Crippen LogP contribution in [0.25, 0.3) is 0 Å². The predicted octanol–water partition coefficient (Wildman–Crippen LogP) is 0.583. The van der Waals surface area contributed by atoms with Crippen LogP contribution in [0.1, 0.15) is 5.56 Å². The minimum absolute atomic E-state index is 0. The van der Waals surface area contributed by atoms with Crippen LogP contribution >= 0.6 is 11.8 Å². The molecule has 10 heteroatoms. The van der Waals surface area contributed by atoms with Crippen LogP contribution < -0.4 is 51.4 Å². The van der Waals surface area contributed by atoms with Crippen molar-refractivity contribution < 1.29 is 77.5 Å². The van der Waals surface area contributed by atoms with Gasteiger partial charge in [0, 0.05) is 6.20 Å². The molecule has 1 nitrogen and oxygen atoms in total. The standard InChI is InChI=1S/C7H5BF6NS.K/c9-7(10,11)5-1-2-6(15-3-5)16-4-8(12,13)14;/h1-3H,4H2;/q-1;+1. The van der Waals surface area contributed by atoms with Gasteiger partial charge in [0.1, 0.15) is 0 Å². The first-order chi connectivity index (χ1) is 7.18. The van der Waals surface area contributed by atoms with E-state index in [0.717, 1.165) is 6.07 Å². The van der Waals surface area contributed by atoms with Gasteiger partial charge in [-0.1, -0.05) is 0 Å². The molecule has 0 radical (unpaired) electrons. The van der Waals surface area contributed by atoms with Crippen LogP contribution in [0.15, 0.2) is 23.4 Å². The predicted molar refractivity (Wildman–Crippen MR) is 49.0 cm³/mol. The summed E-state index contributed by atoms with van der Waals surface area (Å²) in [6.07, 6.45) is -4.00. The van der Waals surface area contributed by atoms with E-state index in [-0.39, 0.29) is 56.4 Å². The summed E-state index contributed by atoms with van der Waals surface area (Å²) in [6.45, 7) is -4.96.